The van der Waals surface area contributed by atoms with Gasteiger partial charge in [-0.3, -0.25) is 4.79 Å². The van der Waals surface area contributed by atoms with Gasteiger partial charge in [-0.2, -0.15) is 0 Å². The topological polar surface area (TPSA) is 75.3 Å². The Morgan fingerprint density at radius 3 is 2.45 bits per heavy atom. The lowest BCUT2D eigenvalue weighted by molar-refractivity contribution is 0.0949. The van der Waals surface area contributed by atoms with Gasteiger partial charge in [0.2, 0.25) is 0 Å². The molecule has 1 aromatic rings. The number of amides is 1. The Hall–Kier alpha value is -0.700. The molecule has 0 aliphatic rings. The molecule has 0 unspecified atom stereocenters. The zero-order valence-electron chi connectivity index (χ0n) is 10.9. The van der Waals surface area contributed by atoms with Crippen molar-refractivity contribution in [2.75, 3.05) is 26.4 Å². The zero-order valence-corrected chi connectivity index (χ0v) is 14.1. The van der Waals surface area contributed by atoms with Crippen molar-refractivity contribution in [1.29, 1.82) is 0 Å². The highest BCUT2D eigenvalue weighted by atomic mass is 79.9. The van der Waals surface area contributed by atoms with Crippen LogP contribution in [-0.4, -0.2) is 40.7 Å². The lowest BCUT2D eigenvalue weighted by Crippen LogP contribution is -2.31. The zero-order chi connectivity index (χ0) is 14.6. The Morgan fingerprint density at radius 1 is 1.35 bits per heavy atom. The molecule has 1 aromatic carbocycles. The van der Waals surface area contributed by atoms with Crippen LogP contribution in [0.25, 0.3) is 0 Å². The fourth-order valence-electron chi connectivity index (χ4n) is 1.40. The van der Waals surface area contributed by atoms with Crippen molar-refractivity contribution in [1.82, 2.24) is 10.6 Å². The van der Waals surface area contributed by atoms with Gasteiger partial charge in [0.1, 0.15) is 4.90 Å². The van der Waals surface area contributed by atoms with E-state index >= 15 is 0 Å². The van der Waals surface area contributed by atoms with Gasteiger partial charge in [-0.15, -0.1) is 12.4 Å². The molecule has 114 valence electrons. The van der Waals surface area contributed by atoms with Crippen LogP contribution in [0.3, 0.4) is 0 Å². The Balaban J connectivity index is 0.00000361. The third-order valence-corrected chi connectivity index (χ3v) is 3.86. The molecule has 5 nitrogen and oxygen atoms in total. The van der Waals surface area contributed by atoms with Gasteiger partial charge < -0.3 is 10.6 Å². The molecule has 0 saturated heterocycles. The minimum absolute atomic E-state index is 0. The summed E-state index contributed by atoms with van der Waals surface area (Å²) in [6.45, 7) is 0.843. The maximum Gasteiger partial charge on any atom is 0.254 e. The number of halogens is 3. The molecule has 0 aliphatic carbocycles. The highest BCUT2D eigenvalue weighted by Gasteiger charge is 2.21. The predicted octanol–water partition coefficient (Wildman–Crippen LogP) is 1.36. The summed E-state index contributed by atoms with van der Waals surface area (Å²) < 4.78 is 37.2. The highest BCUT2D eigenvalue weighted by Crippen LogP contribution is 2.24. The summed E-state index contributed by atoms with van der Waals surface area (Å²) in [7, 11) is -2.02. The minimum Gasteiger partial charge on any atom is -0.351 e. The van der Waals surface area contributed by atoms with Gasteiger partial charge >= 0.3 is 0 Å². The molecule has 0 radical (unpaired) electrons. The molecule has 0 bridgehead atoms. The van der Waals surface area contributed by atoms with Crippen LogP contribution in [-0.2, 0) is 9.84 Å². The Kier molecular flexibility index (Phi) is 7.64. The molecule has 2 N–H and O–H groups in total. The van der Waals surface area contributed by atoms with E-state index in [1.807, 2.05) is 0 Å². The van der Waals surface area contributed by atoms with Crippen LogP contribution >= 0.6 is 28.3 Å². The summed E-state index contributed by atoms with van der Waals surface area (Å²) in [5.41, 5.74) is -0.300. The van der Waals surface area contributed by atoms with Gasteiger partial charge in [0.15, 0.2) is 15.7 Å². The van der Waals surface area contributed by atoms with Crippen LogP contribution in [0.2, 0.25) is 0 Å². The lowest BCUT2D eigenvalue weighted by Gasteiger charge is -2.09. The molecule has 0 heterocycles. The Labute approximate surface area is 131 Å². The maximum atomic E-state index is 14.0. The van der Waals surface area contributed by atoms with E-state index in [0.717, 1.165) is 12.3 Å². The second-order valence-corrected chi connectivity index (χ2v) is 6.80. The summed E-state index contributed by atoms with van der Waals surface area (Å²) in [5, 5.41) is 5.31. The number of benzene rings is 1. The minimum atomic E-state index is -3.73. The molecule has 0 spiro atoms. The first-order chi connectivity index (χ1) is 8.77. The molecular formula is C11H15BrClFN2O3S. The van der Waals surface area contributed by atoms with E-state index in [1.54, 1.807) is 7.05 Å². The van der Waals surface area contributed by atoms with Crippen LogP contribution in [0.15, 0.2) is 21.5 Å². The summed E-state index contributed by atoms with van der Waals surface area (Å²) in [5.74, 6) is -1.69. The first-order valence-electron chi connectivity index (χ1n) is 5.39. The largest absolute Gasteiger partial charge is 0.351 e. The standard InChI is InChI=1S/C11H14BrFN2O3S.ClH/c1-14-3-4-15-11(16)8-5-7(12)6-9(10(8)13)19(2,17)18;/h5-6,14H,3-4H2,1-2H3,(H,15,16);1H. The summed E-state index contributed by atoms with van der Waals surface area (Å²) in [6.07, 6.45) is 0.889. The summed E-state index contributed by atoms with van der Waals surface area (Å²) in [6, 6.07) is 2.38. The van der Waals surface area contributed by atoms with Crippen LogP contribution in [0.4, 0.5) is 4.39 Å². The van der Waals surface area contributed by atoms with Crippen molar-refractivity contribution in [2.45, 2.75) is 4.90 Å². The molecule has 0 aromatic heterocycles. The van der Waals surface area contributed by atoms with Crippen molar-refractivity contribution in [3.05, 3.63) is 28.0 Å². The molecule has 0 saturated carbocycles. The molecule has 0 aliphatic heterocycles. The SMILES string of the molecule is CNCCNC(=O)c1cc(Br)cc(S(C)(=O)=O)c1F.Cl. The summed E-state index contributed by atoms with van der Waals surface area (Å²) >= 11 is 3.07. The molecule has 1 rings (SSSR count). The average molecular weight is 390 g/mol. The number of sulfone groups is 1. The van der Waals surface area contributed by atoms with Crippen molar-refractivity contribution in [3.63, 3.8) is 0 Å². The third kappa shape index (κ3) is 5.01. The van der Waals surface area contributed by atoms with Crippen molar-refractivity contribution < 1.29 is 17.6 Å². The normalized spacial score (nSPS) is 10.8. The van der Waals surface area contributed by atoms with E-state index in [9.17, 15) is 17.6 Å². The average Bonchev–Trinajstić information content (AvgIpc) is 2.30. The van der Waals surface area contributed by atoms with Crippen LogP contribution in [0, 0.1) is 5.82 Å². The van der Waals surface area contributed by atoms with Gasteiger partial charge in [-0.05, 0) is 19.2 Å². The fourth-order valence-corrected chi connectivity index (χ4v) is 2.78. The Morgan fingerprint density at radius 2 is 1.95 bits per heavy atom. The van der Waals surface area contributed by atoms with E-state index < -0.39 is 26.5 Å². The van der Waals surface area contributed by atoms with Crippen LogP contribution in [0.1, 0.15) is 10.4 Å². The van der Waals surface area contributed by atoms with E-state index in [2.05, 4.69) is 26.6 Å². The van der Waals surface area contributed by atoms with E-state index in [1.165, 1.54) is 6.07 Å². The lowest BCUT2D eigenvalue weighted by atomic mass is 10.2. The van der Waals surface area contributed by atoms with Gasteiger partial charge in [0.05, 0.1) is 5.56 Å². The van der Waals surface area contributed by atoms with Crippen molar-refractivity contribution in [2.24, 2.45) is 0 Å². The van der Waals surface area contributed by atoms with E-state index in [0.29, 0.717) is 17.6 Å². The number of hydrogen-bond acceptors (Lipinski definition) is 4. The number of carbonyl (C=O) groups is 1. The number of rotatable bonds is 5. The number of hydrogen-bond donors (Lipinski definition) is 2. The number of carbonyl (C=O) groups excluding carboxylic acids is 1. The first kappa shape index (κ1) is 19.3. The Bertz CT molecular complexity index is 596. The van der Waals surface area contributed by atoms with Gasteiger partial charge in [0.25, 0.3) is 5.91 Å². The molecule has 0 atom stereocenters. The monoisotopic (exact) mass is 388 g/mol. The second kappa shape index (κ2) is 7.92. The molecule has 0 fully saturated rings. The first-order valence-corrected chi connectivity index (χ1v) is 8.07. The molecule has 1 amide bonds. The van der Waals surface area contributed by atoms with Crippen LogP contribution in [0.5, 0.6) is 0 Å². The van der Waals surface area contributed by atoms with Gasteiger partial charge in [0, 0.05) is 23.8 Å². The highest BCUT2D eigenvalue weighted by molar-refractivity contribution is 9.10. The van der Waals surface area contributed by atoms with E-state index in [4.69, 9.17) is 0 Å². The smallest absolute Gasteiger partial charge is 0.254 e. The summed E-state index contributed by atoms with van der Waals surface area (Å²) in [4.78, 5) is 11.3. The van der Waals surface area contributed by atoms with Gasteiger partial charge in [-0.1, -0.05) is 15.9 Å². The van der Waals surface area contributed by atoms with Crippen molar-refractivity contribution in [3.8, 4) is 0 Å². The third-order valence-electron chi connectivity index (χ3n) is 2.31. The molecular weight excluding hydrogens is 375 g/mol. The quantitative estimate of drug-likeness (QED) is 0.746. The van der Waals surface area contributed by atoms with Crippen molar-refractivity contribution >= 4 is 44.1 Å². The van der Waals surface area contributed by atoms with Gasteiger partial charge in [-0.25, -0.2) is 12.8 Å². The predicted molar refractivity (Wildman–Crippen MR) is 80.7 cm³/mol. The second-order valence-electron chi connectivity index (χ2n) is 3.90. The molecule has 9 heteroatoms. The number of nitrogens with one attached hydrogen (secondary N) is 2. The fraction of sp³-hybridized carbons (Fsp3) is 0.364. The van der Waals surface area contributed by atoms with Crippen LogP contribution < -0.4 is 10.6 Å². The molecule has 20 heavy (non-hydrogen) atoms. The van der Waals surface area contributed by atoms with E-state index in [-0.39, 0.29) is 18.0 Å². The number of likely N-dealkylation sites (N-methyl/N-ethyl adjacent to an activating group) is 1. The maximum absolute atomic E-state index is 14.0.